The number of carbonyl (C=O) groups excluding carboxylic acids is 1. The van der Waals surface area contributed by atoms with Crippen molar-refractivity contribution in [2.24, 2.45) is 0 Å². The van der Waals surface area contributed by atoms with Crippen molar-refractivity contribution in [1.82, 2.24) is 19.6 Å². The van der Waals surface area contributed by atoms with Gasteiger partial charge in [-0.1, -0.05) is 18.2 Å². The number of fused-ring (bicyclic) bond motifs is 1. The Morgan fingerprint density at radius 2 is 1.71 bits per heavy atom. The predicted octanol–water partition coefficient (Wildman–Crippen LogP) is 3.01. The van der Waals surface area contributed by atoms with E-state index in [2.05, 4.69) is 15.1 Å². The van der Waals surface area contributed by atoms with Gasteiger partial charge in [0.25, 0.3) is 5.78 Å². The van der Waals surface area contributed by atoms with Gasteiger partial charge in [0.15, 0.2) is 0 Å². The standard InChI is InChI=1S/C18H12N4O2/c23-17(14-4-2-1-3-5-14)24-15-8-6-13(7-9-15)16-10-11-19-18-20-12-21-22(16)18/h1-12H. The van der Waals surface area contributed by atoms with E-state index < -0.39 is 0 Å². The maximum absolute atomic E-state index is 12.1. The highest BCUT2D eigenvalue weighted by Gasteiger charge is 2.09. The molecule has 0 amide bonds. The molecule has 2 heterocycles. The van der Waals surface area contributed by atoms with Gasteiger partial charge in [-0.2, -0.15) is 14.6 Å². The molecule has 2 aromatic carbocycles. The number of ether oxygens (including phenoxy) is 1. The topological polar surface area (TPSA) is 69.4 Å². The fourth-order valence-corrected chi connectivity index (χ4v) is 2.39. The third-order valence-electron chi connectivity index (χ3n) is 3.55. The quantitative estimate of drug-likeness (QED) is 0.429. The van der Waals surface area contributed by atoms with E-state index in [1.807, 2.05) is 24.3 Å². The van der Waals surface area contributed by atoms with E-state index in [9.17, 15) is 4.79 Å². The molecule has 0 aliphatic carbocycles. The largest absolute Gasteiger partial charge is 0.423 e. The van der Waals surface area contributed by atoms with Gasteiger partial charge in [-0.05, 0) is 42.5 Å². The van der Waals surface area contributed by atoms with Crippen molar-refractivity contribution in [2.75, 3.05) is 0 Å². The molecule has 0 saturated heterocycles. The van der Waals surface area contributed by atoms with Crippen LogP contribution in [0.1, 0.15) is 10.4 Å². The summed E-state index contributed by atoms with van der Waals surface area (Å²) < 4.78 is 7.04. The van der Waals surface area contributed by atoms with E-state index in [1.54, 1.807) is 47.1 Å². The van der Waals surface area contributed by atoms with Gasteiger partial charge < -0.3 is 4.74 Å². The van der Waals surface area contributed by atoms with Gasteiger partial charge in [-0.25, -0.2) is 9.78 Å². The number of esters is 1. The third kappa shape index (κ3) is 2.61. The molecule has 6 nitrogen and oxygen atoms in total. The van der Waals surface area contributed by atoms with Gasteiger partial charge in [0.2, 0.25) is 0 Å². The van der Waals surface area contributed by atoms with Crippen LogP contribution in [0.4, 0.5) is 0 Å². The zero-order valence-electron chi connectivity index (χ0n) is 12.5. The lowest BCUT2D eigenvalue weighted by Gasteiger charge is -2.07. The molecule has 0 unspecified atom stereocenters. The van der Waals surface area contributed by atoms with E-state index in [0.29, 0.717) is 17.1 Å². The van der Waals surface area contributed by atoms with Crippen LogP contribution in [-0.4, -0.2) is 25.6 Å². The minimum atomic E-state index is -0.383. The number of hydrogen-bond acceptors (Lipinski definition) is 5. The molecule has 0 aliphatic rings. The van der Waals surface area contributed by atoms with E-state index in [0.717, 1.165) is 11.3 Å². The van der Waals surface area contributed by atoms with Gasteiger partial charge in [-0.3, -0.25) is 0 Å². The summed E-state index contributed by atoms with van der Waals surface area (Å²) in [6.07, 6.45) is 3.14. The van der Waals surface area contributed by atoms with Crippen molar-refractivity contribution >= 4 is 11.7 Å². The first-order chi connectivity index (χ1) is 11.8. The summed E-state index contributed by atoms with van der Waals surface area (Å²) in [6.45, 7) is 0. The summed E-state index contributed by atoms with van der Waals surface area (Å²) in [7, 11) is 0. The molecule has 4 aromatic rings. The van der Waals surface area contributed by atoms with Crippen molar-refractivity contribution in [3.63, 3.8) is 0 Å². The molecule has 0 bridgehead atoms. The normalized spacial score (nSPS) is 10.7. The Labute approximate surface area is 137 Å². The third-order valence-corrected chi connectivity index (χ3v) is 3.55. The molecule has 4 rings (SSSR count). The highest BCUT2D eigenvalue weighted by atomic mass is 16.5. The van der Waals surface area contributed by atoms with Gasteiger partial charge in [0.1, 0.15) is 12.1 Å². The van der Waals surface area contributed by atoms with Crippen LogP contribution >= 0.6 is 0 Å². The maximum atomic E-state index is 12.1. The molecular formula is C18H12N4O2. The summed E-state index contributed by atoms with van der Waals surface area (Å²) in [6, 6.07) is 18.0. The van der Waals surface area contributed by atoms with Crippen molar-refractivity contribution in [2.45, 2.75) is 0 Å². The van der Waals surface area contributed by atoms with E-state index >= 15 is 0 Å². The van der Waals surface area contributed by atoms with Crippen LogP contribution in [0.15, 0.2) is 73.2 Å². The molecule has 0 fully saturated rings. The van der Waals surface area contributed by atoms with Crippen LogP contribution < -0.4 is 4.74 Å². The second kappa shape index (κ2) is 5.92. The Bertz CT molecular complexity index is 994. The summed E-state index contributed by atoms with van der Waals surface area (Å²) in [5, 5.41) is 4.16. The molecule has 0 spiro atoms. The fourth-order valence-electron chi connectivity index (χ4n) is 2.39. The second-order valence-electron chi connectivity index (χ2n) is 5.08. The lowest BCUT2D eigenvalue weighted by Crippen LogP contribution is -2.08. The second-order valence-corrected chi connectivity index (χ2v) is 5.08. The predicted molar refractivity (Wildman–Crippen MR) is 87.6 cm³/mol. The van der Waals surface area contributed by atoms with Crippen LogP contribution in [0.5, 0.6) is 5.75 Å². The SMILES string of the molecule is O=C(Oc1ccc(-c2ccnc3ncnn23)cc1)c1ccccc1. The molecule has 0 saturated carbocycles. The lowest BCUT2D eigenvalue weighted by atomic mass is 10.1. The highest BCUT2D eigenvalue weighted by Crippen LogP contribution is 2.22. The number of nitrogens with zero attached hydrogens (tertiary/aromatic N) is 4. The zero-order valence-corrected chi connectivity index (χ0v) is 12.5. The lowest BCUT2D eigenvalue weighted by molar-refractivity contribution is 0.0735. The van der Waals surface area contributed by atoms with Crippen LogP contribution in [-0.2, 0) is 0 Å². The van der Waals surface area contributed by atoms with Crippen molar-refractivity contribution in [3.8, 4) is 17.0 Å². The van der Waals surface area contributed by atoms with Crippen molar-refractivity contribution < 1.29 is 9.53 Å². The number of hydrogen-bond donors (Lipinski definition) is 0. The minimum Gasteiger partial charge on any atom is -0.423 e. The van der Waals surface area contributed by atoms with Crippen LogP contribution in [0, 0.1) is 0 Å². The minimum absolute atomic E-state index is 0.383. The van der Waals surface area contributed by atoms with Crippen molar-refractivity contribution in [3.05, 3.63) is 78.8 Å². The summed E-state index contributed by atoms with van der Waals surface area (Å²) in [5.74, 6) is 0.634. The van der Waals surface area contributed by atoms with Crippen LogP contribution in [0.3, 0.4) is 0 Å². The fraction of sp³-hybridized carbons (Fsp3) is 0. The molecule has 0 N–H and O–H groups in total. The van der Waals surface area contributed by atoms with E-state index in [4.69, 9.17) is 4.74 Å². The van der Waals surface area contributed by atoms with Gasteiger partial charge in [0, 0.05) is 11.8 Å². The van der Waals surface area contributed by atoms with E-state index in [-0.39, 0.29) is 5.97 Å². The smallest absolute Gasteiger partial charge is 0.343 e. The van der Waals surface area contributed by atoms with Crippen LogP contribution in [0.2, 0.25) is 0 Å². The first-order valence-electron chi connectivity index (χ1n) is 7.34. The number of rotatable bonds is 3. The van der Waals surface area contributed by atoms with Gasteiger partial charge >= 0.3 is 5.97 Å². The Hall–Kier alpha value is -3.54. The maximum Gasteiger partial charge on any atom is 0.343 e. The average Bonchev–Trinajstić information content (AvgIpc) is 3.12. The first-order valence-corrected chi connectivity index (χ1v) is 7.34. The first kappa shape index (κ1) is 14.1. The molecule has 2 aromatic heterocycles. The Morgan fingerprint density at radius 1 is 0.917 bits per heavy atom. The summed E-state index contributed by atoms with van der Waals surface area (Å²) >= 11 is 0. The molecule has 0 radical (unpaired) electrons. The number of benzene rings is 2. The Morgan fingerprint density at radius 3 is 2.50 bits per heavy atom. The van der Waals surface area contributed by atoms with Crippen LogP contribution in [0.25, 0.3) is 17.0 Å². The Balaban J connectivity index is 1.59. The molecule has 0 aliphatic heterocycles. The average molecular weight is 316 g/mol. The summed E-state index contributed by atoms with van der Waals surface area (Å²) in [5.41, 5.74) is 2.30. The molecule has 6 heteroatoms. The van der Waals surface area contributed by atoms with E-state index in [1.165, 1.54) is 6.33 Å². The molecule has 24 heavy (non-hydrogen) atoms. The molecule has 116 valence electrons. The summed E-state index contributed by atoms with van der Waals surface area (Å²) in [4.78, 5) is 20.3. The monoisotopic (exact) mass is 316 g/mol. The zero-order chi connectivity index (χ0) is 16.4. The highest BCUT2D eigenvalue weighted by molar-refractivity contribution is 5.91. The molecule has 0 atom stereocenters. The molecular weight excluding hydrogens is 304 g/mol. The van der Waals surface area contributed by atoms with Gasteiger partial charge in [-0.15, -0.1) is 0 Å². The number of aromatic nitrogens is 4. The Kier molecular flexibility index (Phi) is 3.47. The van der Waals surface area contributed by atoms with Gasteiger partial charge in [0.05, 0.1) is 11.3 Å². The van der Waals surface area contributed by atoms with Crippen molar-refractivity contribution in [1.29, 1.82) is 0 Å². The number of carbonyl (C=O) groups is 1.